The molecule has 0 bridgehead atoms. The van der Waals surface area contributed by atoms with Crippen molar-refractivity contribution in [3.8, 4) is 0 Å². The summed E-state index contributed by atoms with van der Waals surface area (Å²) in [5, 5.41) is 4.64. The Kier molecular flexibility index (Phi) is 8.78. The van der Waals surface area contributed by atoms with Gasteiger partial charge in [-0.25, -0.2) is 14.6 Å². The lowest BCUT2D eigenvalue weighted by Crippen LogP contribution is -2.41. The van der Waals surface area contributed by atoms with Gasteiger partial charge in [0, 0.05) is 10.9 Å². The van der Waals surface area contributed by atoms with E-state index in [1.54, 1.807) is 47.6 Å². The molecule has 0 aliphatic heterocycles. The van der Waals surface area contributed by atoms with Crippen molar-refractivity contribution in [1.29, 1.82) is 0 Å². The van der Waals surface area contributed by atoms with Crippen LogP contribution in [-0.2, 0) is 16.0 Å². The van der Waals surface area contributed by atoms with Crippen molar-refractivity contribution in [2.24, 2.45) is 0 Å². The molecule has 0 spiro atoms. The van der Waals surface area contributed by atoms with E-state index in [4.69, 9.17) is 32.7 Å². The number of rotatable bonds is 6. The molecule has 3 heterocycles. The molecule has 37 heavy (non-hydrogen) atoms. The van der Waals surface area contributed by atoms with Gasteiger partial charge in [0.25, 0.3) is 0 Å². The standard InChI is InChI=1S/C25H29Cl2N3O5S2/c1-13(28-22(32)34-24(2,3)4)19(31)21-17(27)18-20(37-21)15(11-16(26)29-18)30(12-14-9-8-10-36-14)23(33)35-25(5,6)7/h8-11,13H,12H2,1-7H3,(H,28,32)/t13-/m0/s1. The molecule has 0 unspecified atom stereocenters. The molecule has 0 saturated carbocycles. The molecule has 0 radical (unpaired) electrons. The first-order valence-corrected chi connectivity index (χ1v) is 13.9. The van der Waals surface area contributed by atoms with Gasteiger partial charge in [-0.1, -0.05) is 29.3 Å². The molecule has 2 amide bonds. The minimum absolute atomic E-state index is 0.0897. The molecule has 0 aromatic carbocycles. The van der Waals surface area contributed by atoms with Crippen LogP contribution >= 0.6 is 45.9 Å². The fourth-order valence-corrected chi connectivity index (χ4v) is 5.69. The van der Waals surface area contributed by atoms with Crippen LogP contribution in [0.5, 0.6) is 0 Å². The third kappa shape index (κ3) is 7.56. The summed E-state index contributed by atoms with van der Waals surface area (Å²) in [4.78, 5) is 45.6. The first-order valence-electron chi connectivity index (χ1n) is 11.4. The molecule has 8 nitrogen and oxygen atoms in total. The first-order chi connectivity index (χ1) is 17.1. The Morgan fingerprint density at radius 2 is 1.76 bits per heavy atom. The van der Waals surface area contributed by atoms with E-state index < -0.39 is 35.2 Å². The van der Waals surface area contributed by atoms with Crippen LogP contribution in [0.4, 0.5) is 15.3 Å². The van der Waals surface area contributed by atoms with Gasteiger partial charge in [0.05, 0.1) is 32.9 Å². The molecule has 0 saturated heterocycles. The number of ether oxygens (including phenoxy) is 2. The zero-order valence-electron chi connectivity index (χ0n) is 21.6. The molecule has 3 aromatic heterocycles. The van der Waals surface area contributed by atoms with Crippen molar-refractivity contribution in [3.63, 3.8) is 0 Å². The smallest absolute Gasteiger partial charge is 0.415 e. The first kappa shape index (κ1) is 29.2. The molecule has 0 aliphatic rings. The summed E-state index contributed by atoms with van der Waals surface area (Å²) in [6.07, 6.45) is -1.30. The highest BCUT2D eigenvalue weighted by atomic mass is 35.5. The van der Waals surface area contributed by atoms with E-state index in [0.717, 1.165) is 16.2 Å². The number of alkyl carbamates (subject to hydrolysis) is 1. The fourth-order valence-electron chi connectivity index (χ4n) is 3.22. The van der Waals surface area contributed by atoms with E-state index >= 15 is 0 Å². The fraction of sp³-hybridized carbons (Fsp3) is 0.440. The summed E-state index contributed by atoms with van der Waals surface area (Å²) in [7, 11) is 0. The number of ketones is 1. The highest BCUT2D eigenvalue weighted by Gasteiger charge is 2.31. The molecule has 0 fully saturated rings. The average Bonchev–Trinajstić information content (AvgIpc) is 3.36. The van der Waals surface area contributed by atoms with Crippen LogP contribution in [0.3, 0.4) is 0 Å². The van der Waals surface area contributed by atoms with Crippen molar-refractivity contribution in [2.45, 2.75) is 72.3 Å². The molecular formula is C25H29Cl2N3O5S2. The normalized spacial score (nSPS) is 12.8. The summed E-state index contributed by atoms with van der Waals surface area (Å²) in [6, 6.07) is 4.42. The number of nitrogens with zero attached hydrogens (tertiary/aromatic N) is 2. The topological polar surface area (TPSA) is 97.8 Å². The summed E-state index contributed by atoms with van der Waals surface area (Å²) >= 11 is 15.5. The Morgan fingerprint density at radius 3 is 2.32 bits per heavy atom. The van der Waals surface area contributed by atoms with Gasteiger partial charge >= 0.3 is 12.2 Å². The largest absolute Gasteiger partial charge is 0.444 e. The minimum atomic E-state index is -0.924. The number of fused-ring (bicyclic) bond motifs is 1. The zero-order chi connectivity index (χ0) is 27.7. The number of carbonyl (C=O) groups excluding carboxylic acids is 3. The molecule has 3 aromatic rings. The predicted molar refractivity (Wildman–Crippen MR) is 150 cm³/mol. The SMILES string of the molecule is C[C@H](NC(=O)OC(C)(C)C)C(=O)c1sc2c(N(Cc3cccs3)C(=O)OC(C)(C)C)cc(Cl)nc2c1Cl. The lowest BCUT2D eigenvalue weighted by atomic mass is 10.1. The molecule has 12 heteroatoms. The van der Waals surface area contributed by atoms with Gasteiger partial charge in [0.1, 0.15) is 21.9 Å². The summed E-state index contributed by atoms with van der Waals surface area (Å²) in [5.41, 5.74) is -0.763. The highest BCUT2D eigenvalue weighted by Crippen LogP contribution is 2.42. The average molecular weight is 587 g/mol. The van der Waals surface area contributed by atoms with Crippen molar-refractivity contribution >= 4 is 79.7 Å². The van der Waals surface area contributed by atoms with Crippen LogP contribution in [0, 0.1) is 0 Å². The van der Waals surface area contributed by atoms with E-state index in [-0.39, 0.29) is 27.1 Å². The number of thiophene rings is 2. The van der Waals surface area contributed by atoms with Crippen molar-refractivity contribution in [3.05, 3.63) is 43.5 Å². The monoisotopic (exact) mass is 585 g/mol. The molecule has 3 rings (SSSR count). The number of anilines is 1. The summed E-state index contributed by atoms with van der Waals surface area (Å²) in [6.45, 7) is 12.3. The summed E-state index contributed by atoms with van der Waals surface area (Å²) < 4.78 is 11.4. The number of carbonyl (C=O) groups is 3. The Bertz CT molecular complexity index is 1310. The van der Waals surface area contributed by atoms with Crippen LogP contribution in [0.2, 0.25) is 10.2 Å². The number of halogens is 2. The Hall–Kier alpha value is -2.40. The second-order valence-corrected chi connectivity index (χ2v) is 13.1. The second-order valence-electron chi connectivity index (χ2n) is 10.3. The number of Topliss-reactive ketones (excluding diaryl/α,β-unsaturated/α-hetero) is 1. The molecule has 1 N–H and O–H groups in total. The van der Waals surface area contributed by atoms with Gasteiger partial charge in [0.15, 0.2) is 5.78 Å². The highest BCUT2D eigenvalue weighted by molar-refractivity contribution is 7.22. The number of aromatic nitrogens is 1. The van der Waals surface area contributed by atoms with Crippen LogP contribution in [0.15, 0.2) is 23.6 Å². The number of hydrogen-bond donors (Lipinski definition) is 1. The quantitative estimate of drug-likeness (QED) is 0.235. The van der Waals surface area contributed by atoms with Gasteiger partial charge < -0.3 is 14.8 Å². The molecule has 0 aliphatic carbocycles. The maximum absolute atomic E-state index is 13.3. The number of nitrogens with one attached hydrogen (secondary N) is 1. The van der Waals surface area contributed by atoms with Gasteiger partial charge in [-0.15, -0.1) is 22.7 Å². The Balaban J connectivity index is 2.04. The van der Waals surface area contributed by atoms with E-state index in [9.17, 15) is 14.4 Å². The van der Waals surface area contributed by atoms with E-state index in [2.05, 4.69) is 10.3 Å². The maximum atomic E-state index is 13.3. The Morgan fingerprint density at radius 1 is 1.11 bits per heavy atom. The van der Waals surface area contributed by atoms with Crippen molar-refractivity contribution < 1.29 is 23.9 Å². The van der Waals surface area contributed by atoms with E-state index in [0.29, 0.717) is 10.4 Å². The van der Waals surface area contributed by atoms with Gasteiger partial charge in [-0.2, -0.15) is 0 Å². The number of pyridine rings is 1. The van der Waals surface area contributed by atoms with E-state index in [1.165, 1.54) is 23.2 Å². The van der Waals surface area contributed by atoms with Crippen molar-refractivity contribution in [2.75, 3.05) is 4.90 Å². The van der Waals surface area contributed by atoms with Crippen LogP contribution in [0.25, 0.3) is 10.2 Å². The van der Waals surface area contributed by atoms with Gasteiger partial charge in [0.2, 0.25) is 0 Å². The summed E-state index contributed by atoms with van der Waals surface area (Å²) in [5.74, 6) is -0.428. The second kappa shape index (κ2) is 11.1. The van der Waals surface area contributed by atoms with Gasteiger partial charge in [-0.05, 0) is 59.9 Å². The Labute approximate surface area is 233 Å². The van der Waals surface area contributed by atoms with Crippen molar-refractivity contribution in [1.82, 2.24) is 10.3 Å². The third-order valence-electron chi connectivity index (χ3n) is 4.68. The number of hydrogen-bond acceptors (Lipinski definition) is 8. The lowest BCUT2D eigenvalue weighted by Gasteiger charge is -2.27. The third-order valence-corrected chi connectivity index (χ3v) is 7.43. The minimum Gasteiger partial charge on any atom is -0.444 e. The molecule has 200 valence electrons. The van der Waals surface area contributed by atoms with E-state index in [1.807, 2.05) is 17.5 Å². The molecular weight excluding hydrogens is 557 g/mol. The van der Waals surface area contributed by atoms with Crippen LogP contribution < -0.4 is 10.2 Å². The predicted octanol–water partition coefficient (Wildman–Crippen LogP) is 7.70. The number of amides is 2. The van der Waals surface area contributed by atoms with Gasteiger partial charge in [-0.3, -0.25) is 9.69 Å². The van der Waals surface area contributed by atoms with Crippen LogP contribution in [-0.4, -0.2) is 40.2 Å². The zero-order valence-corrected chi connectivity index (χ0v) is 24.7. The lowest BCUT2D eigenvalue weighted by molar-refractivity contribution is 0.0496. The maximum Gasteiger partial charge on any atom is 0.415 e. The van der Waals surface area contributed by atoms with Crippen LogP contribution in [0.1, 0.15) is 63.0 Å². The molecule has 1 atom stereocenters.